The molecule has 1 aromatic heterocycles. The number of amides is 2. The molecule has 2 aromatic rings. The first kappa shape index (κ1) is 19.0. The fraction of sp³-hybridized carbons (Fsp3) is 0.312. The van der Waals surface area contributed by atoms with Crippen LogP contribution in [0.5, 0.6) is 0 Å². The smallest absolute Gasteiger partial charge is 0.258 e. The highest BCUT2D eigenvalue weighted by Gasteiger charge is 2.35. The molecule has 0 aliphatic rings. The molecule has 0 saturated heterocycles. The van der Waals surface area contributed by atoms with Crippen LogP contribution in [-0.4, -0.2) is 46.2 Å². The largest absolute Gasteiger partial charge is 0.357 e. The second kappa shape index (κ2) is 8.19. The van der Waals surface area contributed by atoms with Gasteiger partial charge in [-0.15, -0.1) is 5.10 Å². The molecule has 1 unspecified atom stereocenters. The Balaban J connectivity index is 2.37. The molecule has 2 amide bonds. The number of carbonyl (C=O) groups is 2. The van der Waals surface area contributed by atoms with Crippen LogP contribution in [-0.2, 0) is 11.8 Å². The summed E-state index contributed by atoms with van der Waals surface area (Å²) in [6.07, 6.45) is 1.16. The van der Waals surface area contributed by atoms with E-state index in [4.69, 9.17) is 0 Å². The van der Waals surface area contributed by atoms with Gasteiger partial charge in [-0.2, -0.15) is 4.39 Å². The van der Waals surface area contributed by atoms with Crippen molar-refractivity contribution in [1.82, 2.24) is 20.4 Å². The summed E-state index contributed by atoms with van der Waals surface area (Å²) >= 11 is 0. The number of nitrogens with one attached hydrogen (secondary N) is 2. The number of hydrogen-bond donors (Lipinski definition) is 2. The van der Waals surface area contributed by atoms with E-state index in [1.165, 1.54) is 14.1 Å². The van der Waals surface area contributed by atoms with Gasteiger partial charge in [0.2, 0.25) is 18.4 Å². The zero-order chi connectivity index (χ0) is 19.3. The number of nitrogens with zero attached hydrogens (tertiary/aromatic N) is 3. The van der Waals surface area contributed by atoms with Crippen molar-refractivity contribution < 1.29 is 18.9 Å². The minimum absolute atomic E-state index is 0.352. The summed E-state index contributed by atoms with van der Waals surface area (Å²) < 4.78 is 14.8. The summed E-state index contributed by atoms with van der Waals surface area (Å²) in [6.45, 7) is -0.585. The third kappa shape index (κ3) is 4.41. The van der Waals surface area contributed by atoms with E-state index < -0.39 is 41.2 Å². The number of nitro groups is 1. The summed E-state index contributed by atoms with van der Waals surface area (Å²) in [5.74, 6) is -3.44. The van der Waals surface area contributed by atoms with Gasteiger partial charge >= 0.3 is 0 Å². The molecule has 138 valence electrons. The second-order valence-corrected chi connectivity index (χ2v) is 5.61. The quantitative estimate of drug-likeness (QED) is 0.547. The van der Waals surface area contributed by atoms with Crippen molar-refractivity contribution in [1.29, 1.82) is 0 Å². The molecule has 2 N–H and O–H groups in total. The lowest BCUT2D eigenvalue weighted by molar-refractivity contribution is -0.483. The Labute approximate surface area is 148 Å². The summed E-state index contributed by atoms with van der Waals surface area (Å²) in [6, 6.07) is 7.06. The summed E-state index contributed by atoms with van der Waals surface area (Å²) in [5, 5.41) is 19.3. The minimum Gasteiger partial charge on any atom is -0.357 e. The highest BCUT2D eigenvalue weighted by molar-refractivity contribution is 5.97. The summed E-state index contributed by atoms with van der Waals surface area (Å²) in [7, 11) is 2.79. The van der Waals surface area contributed by atoms with Gasteiger partial charge in [-0.05, 0) is 5.56 Å². The molecule has 0 fully saturated rings. The number of rotatable bonds is 7. The van der Waals surface area contributed by atoms with Gasteiger partial charge in [0.15, 0.2) is 0 Å². The van der Waals surface area contributed by atoms with E-state index >= 15 is 0 Å². The number of halogens is 1. The van der Waals surface area contributed by atoms with Crippen LogP contribution in [0.25, 0.3) is 0 Å². The van der Waals surface area contributed by atoms with Crippen LogP contribution in [0.2, 0.25) is 0 Å². The molecular weight excluding hydrogens is 345 g/mol. The molecule has 0 spiro atoms. The van der Waals surface area contributed by atoms with E-state index in [9.17, 15) is 24.1 Å². The first-order chi connectivity index (χ1) is 12.3. The molecule has 10 heteroatoms. The summed E-state index contributed by atoms with van der Waals surface area (Å²) in [5.41, 5.74) is 0.152. The third-order valence-corrected chi connectivity index (χ3v) is 3.82. The molecule has 26 heavy (non-hydrogen) atoms. The number of likely N-dealkylation sites (N-methyl/N-ethyl adjacent to an activating group) is 1. The lowest BCUT2D eigenvalue weighted by Gasteiger charge is -2.24. The van der Waals surface area contributed by atoms with E-state index in [1.807, 2.05) is 0 Å². The molecule has 2 rings (SSSR count). The predicted molar refractivity (Wildman–Crippen MR) is 89.5 cm³/mol. The van der Waals surface area contributed by atoms with Crippen molar-refractivity contribution in [2.75, 3.05) is 13.6 Å². The molecule has 0 bridgehead atoms. The van der Waals surface area contributed by atoms with Gasteiger partial charge in [0, 0.05) is 25.2 Å². The topological polar surface area (TPSA) is 119 Å². The molecule has 0 radical (unpaired) electrons. The second-order valence-electron chi connectivity index (χ2n) is 5.61. The fourth-order valence-electron chi connectivity index (χ4n) is 2.60. The normalized spacial score (nSPS) is 12.9. The van der Waals surface area contributed by atoms with Crippen LogP contribution >= 0.6 is 0 Å². The van der Waals surface area contributed by atoms with Crippen molar-refractivity contribution >= 4 is 11.8 Å². The van der Waals surface area contributed by atoms with Crippen molar-refractivity contribution in [3.05, 3.63) is 63.7 Å². The SMILES string of the molecule is CNC(=O)C(NC(=O)c1cn(C)nc1F)[C@H](C[N+](=O)[O-])c1ccccc1. The average Bonchev–Trinajstić information content (AvgIpc) is 2.96. The standard InChI is InChI=1S/C16H18FN5O4/c1-18-16(24)13(19-15(23)12-8-21(2)20-14(12)17)11(9-22(25)26)10-6-4-3-5-7-10/h3-8,11,13H,9H2,1-2H3,(H,18,24)(H,19,23)/t11-,13?/m1/s1. The molecule has 2 atom stereocenters. The number of aromatic nitrogens is 2. The predicted octanol–water partition coefficient (Wildman–Crippen LogP) is 0.464. The van der Waals surface area contributed by atoms with Gasteiger partial charge in [-0.3, -0.25) is 24.4 Å². The summed E-state index contributed by atoms with van der Waals surface area (Å²) in [4.78, 5) is 35.2. The molecule has 1 heterocycles. The Bertz CT molecular complexity index is 808. The Morgan fingerprint density at radius 2 is 2.00 bits per heavy atom. The van der Waals surface area contributed by atoms with Gasteiger partial charge < -0.3 is 10.6 Å². The fourth-order valence-corrected chi connectivity index (χ4v) is 2.60. The first-order valence-electron chi connectivity index (χ1n) is 7.71. The Morgan fingerprint density at radius 1 is 1.35 bits per heavy atom. The van der Waals surface area contributed by atoms with E-state index in [-0.39, 0.29) is 5.56 Å². The number of hydrogen-bond acceptors (Lipinski definition) is 5. The van der Waals surface area contributed by atoms with Crippen LogP contribution < -0.4 is 10.6 Å². The minimum atomic E-state index is -1.26. The molecule has 0 saturated carbocycles. The van der Waals surface area contributed by atoms with E-state index in [2.05, 4.69) is 15.7 Å². The first-order valence-corrected chi connectivity index (χ1v) is 7.71. The zero-order valence-electron chi connectivity index (χ0n) is 14.2. The Hall–Kier alpha value is -3.30. The van der Waals surface area contributed by atoms with Crippen molar-refractivity contribution in [3.8, 4) is 0 Å². The maximum absolute atomic E-state index is 13.7. The van der Waals surface area contributed by atoms with E-state index in [0.29, 0.717) is 5.56 Å². The van der Waals surface area contributed by atoms with Crippen LogP contribution in [0.4, 0.5) is 4.39 Å². The van der Waals surface area contributed by atoms with E-state index in [0.717, 1.165) is 10.9 Å². The highest BCUT2D eigenvalue weighted by atomic mass is 19.1. The zero-order valence-corrected chi connectivity index (χ0v) is 14.2. The monoisotopic (exact) mass is 363 g/mol. The highest BCUT2D eigenvalue weighted by Crippen LogP contribution is 2.21. The van der Waals surface area contributed by atoms with Gasteiger partial charge in [-0.25, -0.2) is 0 Å². The Morgan fingerprint density at radius 3 is 2.50 bits per heavy atom. The molecule has 9 nitrogen and oxygen atoms in total. The molecule has 0 aliphatic carbocycles. The molecule has 1 aromatic carbocycles. The van der Waals surface area contributed by atoms with Gasteiger partial charge in [0.05, 0.1) is 5.92 Å². The van der Waals surface area contributed by atoms with Gasteiger partial charge in [0.1, 0.15) is 11.6 Å². The third-order valence-electron chi connectivity index (χ3n) is 3.82. The van der Waals surface area contributed by atoms with Crippen LogP contribution in [0.1, 0.15) is 21.8 Å². The number of aryl methyl sites for hydroxylation is 1. The van der Waals surface area contributed by atoms with E-state index in [1.54, 1.807) is 30.3 Å². The van der Waals surface area contributed by atoms with Crippen LogP contribution in [0, 0.1) is 16.1 Å². The van der Waals surface area contributed by atoms with Crippen LogP contribution in [0.3, 0.4) is 0 Å². The molecular formula is C16H18FN5O4. The number of carbonyl (C=O) groups excluding carboxylic acids is 2. The van der Waals surface area contributed by atoms with Crippen LogP contribution in [0.15, 0.2) is 36.5 Å². The maximum Gasteiger partial charge on any atom is 0.258 e. The Kier molecular flexibility index (Phi) is 5.99. The van der Waals surface area contributed by atoms with Crippen molar-refractivity contribution in [2.24, 2.45) is 7.05 Å². The maximum atomic E-state index is 13.7. The van der Waals surface area contributed by atoms with Crippen molar-refractivity contribution in [3.63, 3.8) is 0 Å². The molecule has 0 aliphatic heterocycles. The van der Waals surface area contributed by atoms with Crippen molar-refractivity contribution in [2.45, 2.75) is 12.0 Å². The lowest BCUT2D eigenvalue weighted by Crippen LogP contribution is -2.50. The average molecular weight is 363 g/mol. The number of benzene rings is 1. The van der Waals surface area contributed by atoms with Gasteiger partial charge in [-0.1, -0.05) is 30.3 Å². The van der Waals surface area contributed by atoms with Gasteiger partial charge in [0.25, 0.3) is 5.91 Å². The lowest BCUT2D eigenvalue weighted by atomic mass is 9.90.